The van der Waals surface area contributed by atoms with Crippen molar-refractivity contribution in [3.8, 4) is 5.75 Å². The van der Waals surface area contributed by atoms with Crippen LogP contribution in [0.1, 0.15) is 51.4 Å². The number of urea groups is 1. The first-order valence-electron chi connectivity index (χ1n) is 11.2. The van der Waals surface area contributed by atoms with Crippen LogP contribution < -0.4 is 20.3 Å². The first-order chi connectivity index (χ1) is 14.1. The van der Waals surface area contributed by atoms with E-state index in [1.54, 1.807) is 12.0 Å². The Morgan fingerprint density at radius 1 is 1.07 bits per heavy atom. The summed E-state index contributed by atoms with van der Waals surface area (Å²) in [6.07, 6.45) is 9.01. The molecular weight excluding hydrogens is 366 g/mol. The van der Waals surface area contributed by atoms with E-state index in [-0.39, 0.29) is 11.9 Å². The molecule has 1 aliphatic heterocycles. The van der Waals surface area contributed by atoms with Crippen molar-refractivity contribution in [3.63, 3.8) is 0 Å². The SMILES string of the molecule is COc1ccc(NC(=O)NC2C3CC4CC(C3)CC2C4)cc1N1CCCCC1=O. The molecule has 156 valence electrons. The van der Waals surface area contributed by atoms with Crippen LogP contribution in [0.5, 0.6) is 5.75 Å². The van der Waals surface area contributed by atoms with Crippen LogP contribution in [0.15, 0.2) is 18.2 Å². The van der Waals surface area contributed by atoms with Crippen LogP contribution in [0, 0.1) is 23.7 Å². The van der Waals surface area contributed by atoms with Crippen LogP contribution in [0.3, 0.4) is 0 Å². The summed E-state index contributed by atoms with van der Waals surface area (Å²) in [7, 11) is 1.61. The Hall–Kier alpha value is -2.24. The fourth-order valence-electron chi connectivity index (χ4n) is 6.52. The second kappa shape index (κ2) is 7.54. The third-order valence-electron chi connectivity index (χ3n) is 7.58. The van der Waals surface area contributed by atoms with Crippen molar-refractivity contribution >= 4 is 23.3 Å². The van der Waals surface area contributed by atoms with E-state index in [2.05, 4.69) is 10.6 Å². The zero-order valence-electron chi connectivity index (χ0n) is 17.2. The maximum absolute atomic E-state index is 12.8. The summed E-state index contributed by atoms with van der Waals surface area (Å²) in [5.41, 5.74) is 1.44. The minimum atomic E-state index is -0.136. The van der Waals surface area contributed by atoms with Gasteiger partial charge in [-0.2, -0.15) is 0 Å². The average Bonchev–Trinajstić information content (AvgIpc) is 2.70. The zero-order chi connectivity index (χ0) is 20.0. The summed E-state index contributed by atoms with van der Waals surface area (Å²) in [6, 6.07) is 5.70. The third kappa shape index (κ3) is 3.58. The van der Waals surface area contributed by atoms with Gasteiger partial charge in [0.25, 0.3) is 0 Å². The molecule has 4 saturated carbocycles. The van der Waals surface area contributed by atoms with Crippen molar-refractivity contribution in [2.75, 3.05) is 23.9 Å². The molecule has 1 aromatic carbocycles. The number of anilines is 2. The number of carbonyl (C=O) groups excluding carboxylic acids is 2. The molecular formula is C23H31N3O3. The summed E-state index contributed by atoms with van der Waals surface area (Å²) in [5.74, 6) is 3.86. The van der Waals surface area contributed by atoms with Crippen molar-refractivity contribution in [1.82, 2.24) is 5.32 Å². The molecule has 1 heterocycles. The van der Waals surface area contributed by atoms with E-state index in [1.807, 2.05) is 18.2 Å². The molecule has 0 unspecified atom stereocenters. The Bertz CT molecular complexity index is 781. The second-order valence-corrected chi connectivity index (χ2v) is 9.44. The zero-order valence-corrected chi connectivity index (χ0v) is 17.2. The average molecular weight is 398 g/mol. The molecule has 6 nitrogen and oxygen atoms in total. The molecule has 1 aromatic rings. The molecule has 0 aromatic heterocycles. The minimum Gasteiger partial charge on any atom is -0.495 e. The van der Waals surface area contributed by atoms with Gasteiger partial charge in [-0.1, -0.05) is 0 Å². The largest absolute Gasteiger partial charge is 0.495 e. The van der Waals surface area contributed by atoms with Crippen LogP contribution in [0.25, 0.3) is 0 Å². The van der Waals surface area contributed by atoms with Gasteiger partial charge in [-0.05, 0) is 86.8 Å². The molecule has 29 heavy (non-hydrogen) atoms. The van der Waals surface area contributed by atoms with Gasteiger partial charge < -0.3 is 20.3 Å². The van der Waals surface area contributed by atoms with Crippen molar-refractivity contribution in [1.29, 1.82) is 0 Å². The minimum absolute atomic E-state index is 0.116. The van der Waals surface area contributed by atoms with Gasteiger partial charge in [0.15, 0.2) is 0 Å². The van der Waals surface area contributed by atoms with E-state index in [1.165, 1.54) is 32.1 Å². The van der Waals surface area contributed by atoms with Crippen molar-refractivity contribution in [2.45, 2.75) is 57.4 Å². The maximum atomic E-state index is 12.8. The summed E-state index contributed by atoms with van der Waals surface area (Å²) in [6.45, 7) is 0.693. The number of ether oxygens (including phenoxy) is 1. The summed E-state index contributed by atoms with van der Waals surface area (Å²) in [5, 5.41) is 6.29. The normalized spacial score (nSPS) is 32.9. The summed E-state index contributed by atoms with van der Waals surface area (Å²) in [4.78, 5) is 26.9. The first-order valence-corrected chi connectivity index (χ1v) is 11.2. The molecule has 6 rings (SSSR count). The summed E-state index contributed by atoms with van der Waals surface area (Å²) >= 11 is 0. The van der Waals surface area contributed by atoms with Crippen molar-refractivity contribution in [3.05, 3.63) is 18.2 Å². The molecule has 0 spiro atoms. The Morgan fingerprint density at radius 2 is 1.79 bits per heavy atom. The van der Waals surface area contributed by atoms with Crippen LogP contribution in [-0.2, 0) is 4.79 Å². The predicted octanol–water partition coefficient (Wildman–Crippen LogP) is 4.16. The van der Waals surface area contributed by atoms with Gasteiger partial charge in [-0.15, -0.1) is 0 Å². The molecule has 4 bridgehead atoms. The van der Waals surface area contributed by atoms with Crippen LogP contribution in [0.4, 0.5) is 16.2 Å². The van der Waals surface area contributed by atoms with E-state index in [9.17, 15) is 9.59 Å². The Morgan fingerprint density at radius 3 is 2.45 bits per heavy atom. The number of rotatable bonds is 4. The number of methoxy groups -OCH3 is 1. The van der Waals surface area contributed by atoms with Gasteiger partial charge in [-0.3, -0.25) is 4.79 Å². The highest BCUT2D eigenvalue weighted by atomic mass is 16.5. The smallest absolute Gasteiger partial charge is 0.319 e. The molecule has 1 saturated heterocycles. The van der Waals surface area contributed by atoms with Gasteiger partial charge in [-0.25, -0.2) is 4.79 Å². The van der Waals surface area contributed by atoms with Crippen LogP contribution >= 0.6 is 0 Å². The van der Waals surface area contributed by atoms with Gasteiger partial charge >= 0.3 is 6.03 Å². The highest BCUT2D eigenvalue weighted by Crippen LogP contribution is 2.53. The van der Waals surface area contributed by atoms with E-state index < -0.39 is 0 Å². The third-order valence-corrected chi connectivity index (χ3v) is 7.58. The molecule has 3 amide bonds. The van der Waals surface area contributed by atoms with Gasteiger partial charge in [0.05, 0.1) is 12.8 Å². The number of nitrogens with one attached hydrogen (secondary N) is 2. The molecule has 5 fully saturated rings. The molecule has 5 aliphatic rings. The lowest BCUT2D eigenvalue weighted by Gasteiger charge is -2.54. The fraction of sp³-hybridized carbons (Fsp3) is 0.652. The molecule has 4 aliphatic carbocycles. The number of amides is 3. The quantitative estimate of drug-likeness (QED) is 0.801. The Kier molecular flexibility index (Phi) is 4.88. The van der Waals surface area contributed by atoms with E-state index in [0.29, 0.717) is 42.3 Å². The first kappa shape index (κ1) is 18.8. The highest BCUT2D eigenvalue weighted by Gasteiger charge is 2.48. The monoisotopic (exact) mass is 397 g/mol. The number of benzene rings is 1. The number of nitrogens with zero attached hydrogens (tertiary/aromatic N) is 1. The van der Waals surface area contributed by atoms with Crippen molar-refractivity contribution < 1.29 is 14.3 Å². The van der Waals surface area contributed by atoms with Crippen molar-refractivity contribution in [2.24, 2.45) is 23.7 Å². The molecule has 2 N–H and O–H groups in total. The number of carbonyl (C=O) groups is 2. The van der Waals surface area contributed by atoms with Gasteiger partial charge in [0.1, 0.15) is 5.75 Å². The number of piperidine rings is 1. The maximum Gasteiger partial charge on any atom is 0.319 e. The molecule has 0 radical (unpaired) electrons. The predicted molar refractivity (Wildman–Crippen MR) is 112 cm³/mol. The van der Waals surface area contributed by atoms with Gasteiger partial charge in [0, 0.05) is 24.7 Å². The van der Waals surface area contributed by atoms with E-state index >= 15 is 0 Å². The standard InChI is InChI=1S/C23H31N3O3/c1-29-20-6-5-18(13-19(20)26-7-3-2-4-21(26)27)24-23(28)25-22-16-9-14-8-15(11-16)12-17(22)10-14/h5-6,13-17,22H,2-4,7-12H2,1H3,(H2,24,25,28). The van der Waals surface area contributed by atoms with E-state index in [0.717, 1.165) is 30.4 Å². The Labute approximate surface area is 172 Å². The lowest BCUT2D eigenvalue weighted by molar-refractivity contribution is -0.119. The molecule has 0 atom stereocenters. The number of hydrogen-bond donors (Lipinski definition) is 2. The lowest BCUT2D eigenvalue weighted by atomic mass is 9.54. The lowest BCUT2D eigenvalue weighted by Crippen LogP contribution is -2.56. The Balaban J connectivity index is 1.28. The second-order valence-electron chi connectivity index (χ2n) is 9.44. The summed E-state index contributed by atoms with van der Waals surface area (Å²) < 4.78 is 5.47. The van der Waals surface area contributed by atoms with Crippen LogP contribution in [-0.4, -0.2) is 31.6 Å². The topological polar surface area (TPSA) is 70.7 Å². The molecule has 6 heteroatoms. The highest BCUT2D eigenvalue weighted by molar-refractivity contribution is 5.97. The number of hydrogen-bond acceptors (Lipinski definition) is 3. The van der Waals surface area contributed by atoms with Crippen LogP contribution in [0.2, 0.25) is 0 Å². The van der Waals surface area contributed by atoms with E-state index in [4.69, 9.17) is 4.74 Å². The van der Waals surface area contributed by atoms with Gasteiger partial charge in [0.2, 0.25) is 5.91 Å². The fourth-order valence-corrected chi connectivity index (χ4v) is 6.52.